The lowest BCUT2D eigenvalue weighted by atomic mass is 10.0. The van der Waals surface area contributed by atoms with Gasteiger partial charge >= 0.3 is 0 Å². The Bertz CT molecular complexity index is 1260. The molecule has 32 heavy (non-hydrogen) atoms. The fraction of sp³-hybridized carbons (Fsp3) is 0.240. The zero-order valence-electron chi connectivity index (χ0n) is 18.1. The van der Waals surface area contributed by atoms with Crippen LogP contribution in [0.25, 0.3) is 31.9 Å². The average Bonchev–Trinajstić information content (AvgIpc) is 3.22. The predicted octanol–water partition coefficient (Wildman–Crippen LogP) is 4.43. The SMILES string of the molecule is CC1CN(C(=O)c2cccc(-c3cnc(N)c(-c4nc5ccccc5s4)c3)c2)CC(C)N1. The van der Waals surface area contributed by atoms with Crippen LogP contribution in [0, 0.1) is 0 Å². The van der Waals surface area contributed by atoms with Gasteiger partial charge in [0.2, 0.25) is 0 Å². The number of aromatic nitrogens is 2. The van der Waals surface area contributed by atoms with E-state index in [0.29, 0.717) is 24.5 Å². The number of hydrogen-bond acceptors (Lipinski definition) is 6. The van der Waals surface area contributed by atoms with Gasteiger partial charge in [0, 0.05) is 42.5 Å². The van der Waals surface area contributed by atoms with E-state index in [1.807, 2.05) is 53.4 Å². The minimum absolute atomic E-state index is 0.0573. The Balaban J connectivity index is 1.48. The van der Waals surface area contributed by atoms with Crippen molar-refractivity contribution in [2.75, 3.05) is 18.8 Å². The first-order valence-electron chi connectivity index (χ1n) is 10.7. The van der Waals surface area contributed by atoms with E-state index in [0.717, 1.165) is 31.9 Å². The van der Waals surface area contributed by atoms with Crippen LogP contribution in [-0.2, 0) is 0 Å². The number of nitrogens with two attached hydrogens (primary N) is 1. The van der Waals surface area contributed by atoms with E-state index in [-0.39, 0.29) is 18.0 Å². The molecule has 0 spiro atoms. The zero-order chi connectivity index (χ0) is 22.2. The van der Waals surface area contributed by atoms with Crippen LogP contribution in [0.2, 0.25) is 0 Å². The number of carbonyl (C=O) groups excluding carboxylic acids is 1. The molecule has 1 saturated heterocycles. The summed E-state index contributed by atoms with van der Waals surface area (Å²) in [6.07, 6.45) is 1.75. The van der Waals surface area contributed by atoms with Gasteiger partial charge < -0.3 is 16.0 Å². The molecule has 1 aliphatic heterocycles. The van der Waals surface area contributed by atoms with Gasteiger partial charge in [-0.2, -0.15) is 0 Å². The molecule has 3 heterocycles. The van der Waals surface area contributed by atoms with Crippen LogP contribution in [0.4, 0.5) is 5.82 Å². The molecule has 3 N–H and O–H groups in total. The number of fused-ring (bicyclic) bond motifs is 1. The number of piperazine rings is 1. The third-order valence-electron chi connectivity index (χ3n) is 5.73. The van der Waals surface area contributed by atoms with Gasteiger partial charge in [-0.15, -0.1) is 11.3 Å². The van der Waals surface area contributed by atoms with Gasteiger partial charge in [0.05, 0.1) is 15.8 Å². The van der Waals surface area contributed by atoms with Crippen LogP contribution >= 0.6 is 11.3 Å². The number of amides is 1. The van der Waals surface area contributed by atoms with Gasteiger partial charge in [0.25, 0.3) is 5.91 Å². The van der Waals surface area contributed by atoms with Crippen molar-refractivity contribution in [2.45, 2.75) is 25.9 Å². The van der Waals surface area contributed by atoms with E-state index >= 15 is 0 Å². The van der Waals surface area contributed by atoms with E-state index < -0.39 is 0 Å². The maximum Gasteiger partial charge on any atom is 0.253 e. The van der Waals surface area contributed by atoms with Crippen molar-refractivity contribution in [1.82, 2.24) is 20.2 Å². The van der Waals surface area contributed by atoms with Gasteiger partial charge in [0.15, 0.2) is 0 Å². The summed E-state index contributed by atoms with van der Waals surface area (Å²) in [6, 6.07) is 18.3. The van der Waals surface area contributed by atoms with Crippen LogP contribution < -0.4 is 11.1 Å². The molecular formula is C25H25N5OS. The largest absolute Gasteiger partial charge is 0.383 e. The molecule has 1 amide bonds. The highest BCUT2D eigenvalue weighted by molar-refractivity contribution is 7.21. The zero-order valence-corrected chi connectivity index (χ0v) is 18.9. The Morgan fingerprint density at radius 2 is 1.84 bits per heavy atom. The second-order valence-corrected chi connectivity index (χ2v) is 9.43. The Hall–Kier alpha value is -3.29. The minimum Gasteiger partial charge on any atom is -0.383 e. The van der Waals surface area contributed by atoms with Crippen molar-refractivity contribution < 1.29 is 4.79 Å². The van der Waals surface area contributed by atoms with Crippen molar-refractivity contribution >= 4 is 33.3 Å². The summed E-state index contributed by atoms with van der Waals surface area (Å²) in [4.78, 5) is 24.3. The molecule has 0 radical (unpaired) electrons. The molecule has 2 unspecified atom stereocenters. The molecule has 5 rings (SSSR count). The molecular weight excluding hydrogens is 418 g/mol. The van der Waals surface area contributed by atoms with Crippen LogP contribution in [0.3, 0.4) is 0 Å². The van der Waals surface area contributed by atoms with Crippen LogP contribution in [-0.4, -0.2) is 45.9 Å². The summed E-state index contributed by atoms with van der Waals surface area (Å²) >= 11 is 1.60. The maximum atomic E-state index is 13.2. The molecule has 0 bridgehead atoms. The van der Waals surface area contributed by atoms with E-state index in [4.69, 9.17) is 10.7 Å². The molecule has 1 aliphatic rings. The molecule has 2 atom stereocenters. The normalized spacial score (nSPS) is 18.8. The van der Waals surface area contributed by atoms with Crippen molar-refractivity contribution in [3.8, 4) is 21.7 Å². The number of nitrogens with zero attached hydrogens (tertiary/aromatic N) is 3. The minimum atomic E-state index is 0.0573. The van der Waals surface area contributed by atoms with Crippen LogP contribution in [0.1, 0.15) is 24.2 Å². The molecule has 2 aromatic carbocycles. The number of nitrogens with one attached hydrogen (secondary N) is 1. The number of rotatable bonds is 3. The number of carbonyl (C=O) groups is 1. The molecule has 2 aromatic heterocycles. The number of thiazole rings is 1. The van der Waals surface area contributed by atoms with E-state index in [9.17, 15) is 4.79 Å². The molecule has 7 heteroatoms. The second kappa shape index (κ2) is 8.33. The lowest BCUT2D eigenvalue weighted by Crippen LogP contribution is -2.55. The fourth-order valence-corrected chi connectivity index (χ4v) is 5.29. The first kappa shape index (κ1) is 20.6. The Morgan fingerprint density at radius 3 is 2.62 bits per heavy atom. The Labute approximate surface area is 191 Å². The van der Waals surface area contributed by atoms with Crippen molar-refractivity contribution in [2.24, 2.45) is 0 Å². The molecule has 0 aliphatic carbocycles. The molecule has 4 aromatic rings. The second-order valence-electron chi connectivity index (χ2n) is 8.40. The highest BCUT2D eigenvalue weighted by Gasteiger charge is 2.25. The van der Waals surface area contributed by atoms with Crippen molar-refractivity contribution in [3.63, 3.8) is 0 Å². The Kier molecular flexibility index (Phi) is 5.36. The summed E-state index contributed by atoms with van der Waals surface area (Å²) in [6.45, 7) is 5.63. The van der Waals surface area contributed by atoms with E-state index in [2.05, 4.69) is 30.2 Å². The summed E-state index contributed by atoms with van der Waals surface area (Å²) < 4.78 is 1.11. The summed E-state index contributed by atoms with van der Waals surface area (Å²) in [7, 11) is 0. The van der Waals surface area contributed by atoms with Crippen LogP contribution in [0.5, 0.6) is 0 Å². The summed E-state index contributed by atoms with van der Waals surface area (Å²) in [5.41, 5.74) is 10.5. The third kappa shape index (κ3) is 3.97. The van der Waals surface area contributed by atoms with Gasteiger partial charge in [-0.05, 0) is 49.7 Å². The number of pyridine rings is 1. The standard InChI is InChI=1S/C25H25N5OS/c1-15-13-30(14-16(2)28-15)25(31)18-7-5-6-17(10-18)19-11-20(23(26)27-12-19)24-29-21-8-3-4-9-22(21)32-24/h3-12,15-16,28H,13-14H2,1-2H3,(H2,26,27). The van der Waals surface area contributed by atoms with E-state index in [1.165, 1.54) is 0 Å². The van der Waals surface area contributed by atoms with Gasteiger partial charge in [0.1, 0.15) is 10.8 Å². The number of benzene rings is 2. The molecule has 162 valence electrons. The number of anilines is 1. The topological polar surface area (TPSA) is 84.1 Å². The van der Waals surface area contributed by atoms with E-state index in [1.54, 1.807) is 17.5 Å². The number of hydrogen-bond donors (Lipinski definition) is 2. The number of para-hydroxylation sites is 1. The fourth-order valence-electron chi connectivity index (χ4n) is 4.30. The average molecular weight is 444 g/mol. The lowest BCUT2D eigenvalue weighted by Gasteiger charge is -2.36. The highest BCUT2D eigenvalue weighted by atomic mass is 32.1. The van der Waals surface area contributed by atoms with Crippen molar-refractivity contribution in [3.05, 3.63) is 66.4 Å². The summed E-state index contributed by atoms with van der Waals surface area (Å²) in [5.74, 6) is 0.505. The first-order chi connectivity index (χ1) is 15.5. The number of nitrogen functional groups attached to an aromatic ring is 1. The van der Waals surface area contributed by atoms with Crippen molar-refractivity contribution in [1.29, 1.82) is 0 Å². The first-order valence-corrected chi connectivity index (χ1v) is 11.6. The third-order valence-corrected chi connectivity index (χ3v) is 6.80. The maximum absolute atomic E-state index is 13.2. The van der Waals surface area contributed by atoms with Gasteiger partial charge in [-0.3, -0.25) is 4.79 Å². The molecule has 0 saturated carbocycles. The summed E-state index contributed by atoms with van der Waals surface area (Å²) in [5, 5.41) is 4.31. The van der Waals surface area contributed by atoms with Gasteiger partial charge in [-0.25, -0.2) is 9.97 Å². The smallest absolute Gasteiger partial charge is 0.253 e. The lowest BCUT2D eigenvalue weighted by molar-refractivity contribution is 0.0674. The highest BCUT2D eigenvalue weighted by Crippen LogP contribution is 2.35. The Morgan fingerprint density at radius 1 is 1.06 bits per heavy atom. The van der Waals surface area contributed by atoms with Gasteiger partial charge in [-0.1, -0.05) is 24.3 Å². The monoisotopic (exact) mass is 443 g/mol. The van der Waals surface area contributed by atoms with Crippen LogP contribution in [0.15, 0.2) is 60.8 Å². The molecule has 1 fully saturated rings. The quantitative estimate of drug-likeness (QED) is 0.489. The molecule has 6 nitrogen and oxygen atoms in total. The predicted molar refractivity (Wildman–Crippen MR) is 131 cm³/mol.